The average Bonchev–Trinajstić information content (AvgIpc) is 2.44. The van der Waals surface area contributed by atoms with Crippen molar-refractivity contribution in [3.05, 3.63) is 0 Å². The quantitative estimate of drug-likeness (QED) is 0.338. The molecule has 0 aromatic carbocycles. The molecule has 0 aliphatic carbocycles. The van der Waals surface area contributed by atoms with Crippen LogP contribution in [-0.4, -0.2) is 43.2 Å². The van der Waals surface area contributed by atoms with E-state index in [4.69, 9.17) is 0 Å². The number of rotatable bonds is 10. The lowest BCUT2D eigenvalue weighted by atomic mass is 10.1. The number of quaternary nitrogens is 1. The Morgan fingerprint density at radius 2 is 1.35 bits per heavy atom. The fourth-order valence-corrected chi connectivity index (χ4v) is 2.40. The third kappa shape index (κ3) is 12.5. The first-order chi connectivity index (χ1) is 9.51. The Labute approximate surface area is 127 Å². The first kappa shape index (κ1) is 21.7. The molecule has 0 amide bonds. The highest BCUT2D eigenvalue weighted by Gasteiger charge is 2.19. The molecule has 0 atom stereocenters. The predicted molar refractivity (Wildman–Crippen MR) is 87.8 cm³/mol. The monoisotopic (exact) mass is 288 g/mol. The summed E-state index contributed by atoms with van der Waals surface area (Å²) in [5, 5.41) is 0. The molecule has 0 heterocycles. The molecular formula is C17H38NO2+. The maximum Gasteiger partial charge on any atom is 0.302 e. The van der Waals surface area contributed by atoms with E-state index in [9.17, 15) is 4.79 Å². The number of esters is 1. The van der Waals surface area contributed by atoms with Gasteiger partial charge in [0.05, 0.1) is 32.8 Å². The summed E-state index contributed by atoms with van der Waals surface area (Å²) in [5.41, 5.74) is 0. The van der Waals surface area contributed by atoms with E-state index in [1.807, 2.05) is 0 Å². The largest absolute Gasteiger partial charge is 0.466 e. The molecule has 0 aliphatic heterocycles. The van der Waals surface area contributed by atoms with Gasteiger partial charge >= 0.3 is 5.97 Å². The van der Waals surface area contributed by atoms with E-state index in [-0.39, 0.29) is 5.97 Å². The van der Waals surface area contributed by atoms with Crippen LogP contribution in [0.3, 0.4) is 0 Å². The molecule has 0 fully saturated rings. The highest BCUT2D eigenvalue weighted by Crippen LogP contribution is 2.10. The molecule has 20 heavy (non-hydrogen) atoms. The van der Waals surface area contributed by atoms with Crippen LogP contribution in [0.4, 0.5) is 0 Å². The second kappa shape index (κ2) is 14.8. The van der Waals surface area contributed by atoms with Crippen molar-refractivity contribution in [2.45, 2.75) is 73.6 Å². The van der Waals surface area contributed by atoms with Gasteiger partial charge in [-0.05, 0) is 40.5 Å². The summed E-state index contributed by atoms with van der Waals surface area (Å²) >= 11 is 0. The summed E-state index contributed by atoms with van der Waals surface area (Å²) < 4.78 is 5.73. The van der Waals surface area contributed by atoms with E-state index in [2.05, 4.69) is 32.4 Å². The van der Waals surface area contributed by atoms with Crippen molar-refractivity contribution in [1.82, 2.24) is 0 Å². The lowest BCUT2D eigenvalue weighted by Gasteiger charge is -2.35. The van der Waals surface area contributed by atoms with Crippen LogP contribution in [0.25, 0.3) is 0 Å². The van der Waals surface area contributed by atoms with Gasteiger partial charge in [0.2, 0.25) is 0 Å². The standard InChI is InChI=1S/C13H30N.C4H8O2/c1-5-9-10-11-12-13-14(6-2,7-3)8-4;1-3-6-4(2)5/h5-13H2,1-4H3;3H2,1-2H3/q+1;. The van der Waals surface area contributed by atoms with Crippen molar-refractivity contribution >= 4 is 5.97 Å². The molecule has 122 valence electrons. The van der Waals surface area contributed by atoms with Crippen molar-refractivity contribution in [3.63, 3.8) is 0 Å². The van der Waals surface area contributed by atoms with Gasteiger partial charge in [0.15, 0.2) is 0 Å². The topological polar surface area (TPSA) is 26.3 Å². The highest BCUT2D eigenvalue weighted by molar-refractivity contribution is 5.65. The Morgan fingerprint density at radius 3 is 1.65 bits per heavy atom. The number of carbonyl (C=O) groups is 1. The number of hydrogen-bond acceptors (Lipinski definition) is 2. The summed E-state index contributed by atoms with van der Waals surface area (Å²) in [6, 6.07) is 0. The summed E-state index contributed by atoms with van der Waals surface area (Å²) in [6.45, 7) is 18.2. The SMILES string of the molecule is CCCCCCC[N+](CC)(CC)CC.CCOC(C)=O. The highest BCUT2D eigenvalue weighted by atomic mass is 16.5. The summed E-state index contributed by atoms with van der Waals surface area (Å²) in [6.07, 6.45) is 7.08. The molecule has 0 N–H and O–H groups in total. The van der Waals surface area contributed by atoms with Gasteiger partial charge in [-0.25, -0.2) is 0 Å². The van der Waals surface area contributed by atoms with E-state index >= 15 is 0 Å². The lowest BCUT2D eigenvalue weighted by molar-refractivity contribution is -0.923. The summed E-state index contributed by atoms with van der Waals surface area (Å²) in [4.78, 5) is 9.82. The van der Waals surface area contributed by atoms with Gasteiger partial charge in [-0.2, -0.15) is 0 Å². The summed E-state index contributed by atoms with van der Waals surface area (Å²) in [7, 11) is 0. The van der Waals surface area contributed by atoms with Crippen LogP contribution in [0.1, 0.15) is 73.6 Å². The fraction of sp³-hybridized carbons (Fsp3) is 0.941. The smallest absolute Gasteiger partial charge is 0.302 e. The number of nitrogens with zero attached hydrogens (tertiary/aromatic N) is 1. The molecule has 0 saturated heterocycles. The van der Waals surface area contributed by atoms with E-state index in [0.717, 1.165) is 0 Å². The zero-order valence-corrected chi connectivity index (χ0v) is 14.8. The van der Waals surface area contributed by atoms with Gasteiger partial charge in [0.1, 0.15) is 0 Å². The van der Waals surface area contributed by atoms with Gasteiger partial charge in [0.25, 0.3) is 0 Å². The fourth-order valence-electron chi connectivity index (χ4n) is 2.40. The Balaban J connectivity index is 0. The Bertz CT molecular complexity index is 205. The van der Waals surface area contributed by atoms with Crippen molar-refractivity contribution in [2.75, 3.05) is 32.8 Å². The Morgan fingerprint density at radius 1 is 0.850 bits per heavy atom. The molecule has 0 spiro atoms. The van der Waals surface area contributed by atoms with Crippen molar-refractivity contribution in [3.8, 4) is 0 Å². The van der Waals surface area contributed by atoms with Crippen molar-refractivity contribution < 1.29 is 14.0 Å². The van der Waals surface area contributed by atoms with Crippen LogP contribution in [0.2, 0.25) is 0 Å². The predicted octanol–water partition coefficient (Wildman–Crippen LogP) is 4.40. The molecule has 0 radical (unpaired) electrons. The van der Waals surface area contributed by atoms with E-state index in [0.29, 0.717) is 6.61 Å². The molecule has 3 heteroatoms. The van der Waals surface area contributed by atoms with Gasteiger partial charge in [-0.1, -0.05) is 26.2 Å². The number of carbonyl (C=O) groups excluding carboxylic acids is 1. The zero-order valence-electron chi connectivity index (χ0n) is 14.8. The van der Waals surface area contributed by atoms with E-state index < -0.39 is 0 Å². The molecule has 0 bridgehead atoms. The molecule has 3 nitrogen and oxygen atoms in total. The minimum atomic E-state index is -0.211. The Hall–Kier alpha value is -0.570. The summed E-state index contributed by atoms with van der Waals surface area (Å²) in [5.74, 6) is -0.211. The van der Waals surface area contributed by atoms with Gasteiger partial charge in [-0.15, -0.1) is 0 Å². The third-order valence-corrected chi connectivity index (χ3v) is 4.10. The van der Waals surface area contributed by atoms with Crippen LogP contribution < -0.4 is 0 Å². The lowest BCUT2D eigenvalue weighted by Crippen LogP contribution is -2.48. The second-order valence-electron chi connectivity index (χ2n) is 5.35. The zero-order chi connectivity index (χ0) is 15.9. The van der Waals surface area contributed by atoms with Gasteiger partial charge < -0.3 is 9.22 Å². The Kier molecular flexibility index (Phi) is 16.1. The second-order valence-corrected chi connectivity index (χ2v) is 5.35. The molecular weight excluding hydrogens is 250 g/mol. The van der Waals surface area contributed by atoms with Crippen LogP contribution in [0.5, 0.6) is 0 Å². The molecule has 0 aliphatic rings. The first-order valence-corrected chi connectivity index (χ1v) is 8.50. The van der Waals surface area contributed by atoms with Crippen molar-refractivity contribution in [1.29, 1.82) is 0 Å². The molecule has 0 saturated carbocycles. The maximum atomic E-state index is 9.82. The van der Waals surface area contributed by atoms with Crippen molar-refractivity contribution in [2.24, 2.45) is 0 Å². The van der Waals surface area contributed by atoms with E-state index in [1.54, 1.807) is 6.92 Å². The minimum absolute atomic E-state index is 0.211. The van der Waals surface area contributed by atoms with Crippen LogP contribution in [0.15, 0.2) is 0 Å². The van der Waals surface area contributed by atoms with Crippen LogP contribution >= 0.6 is 0 Å². The minimum Gasteiger partial charge on any atom is -0.466 e. The molecule has 0 rings (SSSR count). The molecule has 0 unspecified atom stereocenters. The first-order valence-electron chi connectivity index (χ1n) is 8.50. The average molecular weight is 288 g/mol. The van der Waals surface area contributed by atoms with Gasteiger partial charge in [-0.3, -0.25) is 4.79 Å². The molecule has 0 aromatic heterocycles. The number of ether oxygens (including phenoxy) is 1. The van der Waals surface area contributed by atoms with E-state index in [1.165, 1.54) is 69.7 Å². The normalized spacial score (nSPS) is 10.7. The third-order valence-electron chi connectivity index (χ3n) is 4.10. The van der Waals surface area contributed by atoms with Crippen LogP contribution in [0, 0.1) is 0 Å². The van der Waals surface area contributed by atoms with Crippen LogP contribution in [-0.2, 0) is 9.53 Å². The number of unbranched alkanes of at least 4 members (excludes halogenated alkanes) is 4. The maximum absolute atomic E-state index is 9.82. The number of hydrogen-bond donors (Lipinski definition) is 0. The molecule has 0 aromatic rings. The van der Waals surface area contributed by atoms with Gasteiger partial charge in [0, 0.05) is 6.92 Å².